The van der Waals surface area contributed by atoms with Crippen LogP contribution in [0.1, 0.15) is 37.7 Å². The van der Waals surface area contributed by atoms with Crippen LogP contribution in [0, 0.1) is 13.8 Å². The lowest BCUT2D eigenvalue weighted by atomic mass is 10.2. The Hall–Kier alpha value is -1.36. The summed E-state index contributed by atoms with van der Waals surface area (Å²) in [6, 6.07) is 0. The number of hydrogen-bond donors (Lipinski definition) is 1. The zero-order chi connectivity index (χ0) is 14.4. The van der Waals surface area contributed by atoms with E-state index in [9.17, 15) is 4.79 Å². The van der Waals surface area contributed by atoms with Gasteiger partial charge in [-0.25, -0.2) is 0 Å². The van der Waals surface area contributed by atoms with Gasteiger partial charge in [-0.15, -0.1) is 0 Å². The third-order valence-corrected chi connectivity index (χ3v) is 3.48. The summed E-state index contributed by atoms with van der Waals surface area (Å²) in [4.78, 5) is 13.9. The molecule has 1 aromatic rings. The predicted octanol–water partition coefficient (Wildman–Crippen LogP) is 1.48. The molecular formula is C14H26N4O. The van der Waals surface area contributed by atoms with Crippen molar-refractivity contribution in [2.45, 2.75) is 47.7 Å². The van der Waals surface area contributed by atoms with E-state index in [2.05, 4.69) is 17.3 Å². The number of rotatable bonds is 7. The number of carbonyl (C=O) groups excluding carboxylic acids is 1. The van der Waals surface area contributed by atoms with Gasteiger partial charge in [-0.05, 0) is 34.2 Å². The maximum Gasteiger partial charge on any atom is 0.244 e. The highest BCUT2D eigenvalue weighted by atomic mass is 16.2. The molecule has 0 aromatic carbocycles. The molecule has 5 heteroatoms. The maximum absolute atomic E-state index is 12.1. The van der Waals surface area contributed by atoms with Crippen LogP contribution in [-0.2, 0) is 17.9 Å². The van der Waals surface area contributed by atoms with Crippen molar-refractivity contribution in [3.8, 4) is 0 Å². The molecule has 0 aliphatic carbocycles. The quantitative estimate of drug-likeness (QED) is 0.813. The number of carbonyl (C=O) groups is 1. The fourth-order valence-corrected chi connectivity index (χ4v) is 2.20. The number of aryl methyl sites for hydroxylation is 1. The van der Waals surface area contributed by atoms with E-state index in [4.69, 9.17) is 0 Å². The third-order valence-electron chi connectivity index (χ3n) is 3.48. The van der Waals surface area contributed by atoms with Gasteiger partial charge in [-0.1, -0.05) is 6.92 Å². The van der Waals surface area contributed by atoms with E-state index in [0.29, 0.717) is 6.54 Å². The summed E-state index contributed by atoms with van der Waals surface area (Å²) in [5.41, 5.74) is 3.29. The molecule has 5 nitrogen and oxygen atoms in total. The molecule has 1 amide bonds. The first-order chi connectivity index (χ1) is 9.04. The fourth-order valence-electron chi connectivity index (χ4n) is 2.20. The molecule has 1 aromatic heterocycles. The van der Waals surface area contributed by atoms with Crippen LogP contribution in [-0.4, -0.2) is 40.2 Å². The molecule has 19 heavy (non-hydrogen) atoms. The van der Waals surface area contributed by atoms with Crippen LogP contribution < -0.4 is 5.32 Å². The van der Waals surface area contributed by atoms with Crippen LogP contribution in [0.25, 0.3) is 0 Å². The van der Waals surface area contributed by atoms with E-state index in [1.807, 2.05) is 37.3 Å². The number of likely N-dealkylation sites (N-methyl/N-ethyl adjacent to an activating group) is 1. The number of amides is 1. The lowest BCUT2D eigenvalue weighted by Crippen LogP contribution is -2.34. The van der Waals surface area contributed by atoms with Gasteiger partial charge in [0.05, 0.1) is 5.69 Å². The second-order valence-corrected chi connectivity index (χ2v) is 4.65. The highest BCUT2D eigenvalue weighted by Gasteiger charge is 2.15. The normalized spacial score (nSPS) is 10.8. The molecule has 1 N–H and O–H groups in total. The molecule has 0 saturated carbocycles. The monoisotopic (exact) mass is 266 g/mol. The minimum atomic E-state index is 0.130. The van der Waals surface area contributed by atoms with Gasteiger partial charge in [0, 0.05) is 30.9 Å². The SMILES string of the molecule is CCNCc1c(C)nn(CC(=O)N(CC)CC)c1C. The summed E-state index contributed by atoms with van der Waals surface area (Å²) in [6.45, 7) is 13.7. The minimum absolute atomic E-state index is 0.130. The van der Waals surface area contributed by atoms with Crippen LogP contribution in [0.5, 0.6) is 0 Å². The topological polar surface area (TPSA) is 50.2 Å². The van der Waals surface area contributed by atoms with Crippen molar-refractivity contribution in [2.24, 2.45) is 0 Å². The molecule has 0 atom stereocenters. The summed E-state index contributed by atoms with van der Waals surface area (Å²) < 4.78 is 1.82. The van der Waals surface area contributed by atoms with E-state index in [1.165, 1.54) is 5.56 Å². The Morgan fingerprint density at radius 2 is 1.89 bits per heavy atom. The van der Waals surface area contributed by atoms with Crippen molar-refractivity contribution < 1.29 is 4.79 Å². The summed E-state index contributed by atoms with van der Waals surface area (Å²) in [5, 5.41) is 7.79. The summed E-state index contributed by atoms with van der Waals surface area (Å²) in [7, 11) is 0. The van der Waals surface area contributed by atoms with E-state index in [0.717, 1.165) is 37.6 Å². The van der Waals surface area contributed by atoms with Gasteiger partial charge in [0.25, 0.3) is 0 Å². The predicted molar refractivity (Wildman–Crippen MR) is 77.0 cm³/mol. The minimum Gasteiger partial charge on any atom is -0.342 e. The van der Waals surface area contributed by atoms with E-state index >= 15 is 0 Å². The van der Waals surface area contributed by atoms with Crippen LogP contribution in [0.4, 0.5) is 0 Å². The van der Waals surface area contributed by atoms with Crippen molar-refractivity contribution in [3.05, 3.63) is 17.0 Å². The van der Waals surface area contributed by atoms with Gasteiger partial charge in [0.1, 0.15) is 6.54 Å². The van der Waals surface area contributed by atoms with Gasteiger partial charge in [-0.3, -0.25) is 9.48 Å². The molecule has 0 fully saturated rings. The first kappa shape index (κ1) is 15.7. The Labute approximate surface area is 116 Å². The Balaban J connectivity index is 2.82. The summed E-state index contributed by atoms with van der Waals surface area (Å²) in [6.07, 6.45) is 0. The smallest absolute Gasteiger partial charge is 0.244 e. The maximum atomic E-state index is 12.1. The number of nitrogens with zero attached hydrogens (tertiary/aromatic N) is 3. The molecule has 0 aliphatic heterocycles. The van der Waals surface area contributed by atoms with Gasteiger partial charge >= 0.3 is 0 Å². The fraction of sp³-hybridized carbons (Fsp3) is 0.714. The lowest BCUT2D eigenvalue weighted by Gasteiger charge is -2.18. The second kappa shape index (κ2) is 7.28. The zero-order valence-corrected chi connectivity index (χ0v) is 12.8. The Morgan fingerprint density at radius 1 is 1.26 bits per heavy atom. The summed E-state index contributed by atoms with van der Waals surface area (Å²) >= 11 is 0. The average Bonchev–Trinajstić information content (AvgIpc) is 2.64. The van der Waals surface area contributed by atoms with Gasteiger partial charge < -0.3 is 10.2 Å². The van der Waals surface area contributed by atoms with E-state index in [1.54, 1.807) is 0 Å². The number of aromatic nitrogens is 2. The molecular weight excluding hydrogens is 240 g/mol. The van der Waals surface area contributed by atoms with Crippen LogP contribution >= 0.6 is 0 Å². The van der Waals surface area contributed by atoms with E-state index in [-0.39, 0.29) is 5.91 Å². The van der Waals surface area contributed by atoms with Gasteiger partial charge in [-0.2, -0.15) is 5.10 Å². The zero-order valence-electron chi connectivity index (χ0n) is 12.8. The van der Waals surface area contributed by atoms with Crippen molar-refractivity contribution in [1.29, 1.82) is 0 Å². The van der Waals surface area contributed by atoms with Crippen molar-refractivity contribution in [2.75, 3.05) is 19.6 Å². The first-order valence-electron chi connectivity index (χ1n) is 7.06. The van der Waals surface area contributed by atoms with Crippen molar-refractivity contribution in [3.63, 3.8) is 0 Å². The highest BCUT2D eigenvalue weighted by molar-refractivity contribution is 5.75. The third kappa shape index (κ3) is 3.80. The molecule has 0 aliphatic rings. The molecule has 108 valence electrons. The standard InChI is InChI=1S/C14H26N4O/c1-6-15-9-13-11(4)16-18(12(13)5)10-14(19)17(7-2)8-3/h15H,6-10H2,1-5H3. The molecule has 0 radical (unpaired) electrons. The van der Waals surface area contributed by atoms with Crippen LogP contribution in [0.15, 0.2) is 0 Å². The summed E-state index contributed by atoms with van der Waals surface area (Å²) in [5.74, 6) is 0.130. The molecule has 1 rings (SSSR count). The average molecular weight is 266 g/mol. The molecule has 0 spiro atoms. The molecule has 0 saturated heterocycles. The number of hydrogen-bond acceptors (Lipinski definition) is 3. The van der Waals surface area contributed by atoms with Crippen LogP contribution in [0.2, 0.25) is 0 Å². The first-order valence-corrected chi connectivity index (χ1v) is 7.06. The van der Waals surface area contributed by atoms with Crippen molar-refractivity contribution >= 4 is 5.91 Å². The van der Waals surface area contributed by atoms with Gasteiger partial charge in [0.2, 0.25) is 5.91 Å². The lowest BCUT2D eigenvalue weighted by molar-refractivity contribution is -0.131. The highest BCUT2D eigenvalue weighted by Crippen LogP contribution is 2.13. The molecule has 0 bridgehead atoms. The Morgan fingerprint density at radius 3 is 2.42 bits per heavy atom. The van der Waals surface area contributed by atoms with Crippen LogP contribution in [0.3, 0.4) is 0 Å². The Kier molecular flexibility index (Phi) is 6.02. The van der Waals surface area contributed by atoms with Gasteiger partial charge in [0.15, 0.2) is 0 Å². The Bertz CT molecular complexity index is 421. The largest absolute Gasteiger partial charge is 0.342 e. The van der Waals surface area contributed by atoms with E-state index < -0.39 is 0 Å². The number of nitrogens with one attached hydrogen (secondary N) is 1. The molecule has 0 unspecified atom stereocenters. The van der Waals surface area contributed by atoms with Crippen molar-refractivity contribution in [1.82, 2.24) is 20.0 Å². The molecule has 1 heterocycles. The second-order valence-electron chi connectivity index (χ2n) is 4.65.